The summed E-state index contributed by atoms with van der Waals surface area (Å²) in [5.41, 5.74) is 1.32. The number of carboxylic acid groups (broad SMARTS) is 1. The Labute approximate surface area is 94.7 Å². The SMILES string of the molecule is O=C(O)C1[C@@H]2CN(Cc3ccccc3)C[C@@H]12. The number of rotatable bonds is 3. The molecule has 1 N–H and O–H groups in total. The van der Waals surface area contributed by atoms with E-state index in [-0.39, 0.29) is 5.92 Å². The summed E-state index contributed by atoms with van der Waals surface area (Å²) in [6, 6.07) is 10.4. The number of benzene rings is 1. The maximum atomic E-state index is 10.8. The maximum absolute atomic E-state index is 10.8. The molecule has 0 aromatic heterocycles. The highest BCUT2D eigenvalue weighted by atomic mass is 16.4. The number of hydrogen-bond donors (Lipinski definition) is 1. The minimum absolute atomic E-state index is 0.0491. The van der Waals surface area contributed by atoms with E-state index in [9.17, 15) is 4.79 Å². The number of fused-ring (bicyclic) bond motifs is 1. The van der Waals surface area contributed by atoms with Crippen LogP contribution in [0, 0.1) is 17.8 Å². The van der Waals surface area contributed by atoms with Crippen molar-refractivity contribution in [2.24, 2.45) is 17.8 Å². The van der Waals surface area contributed by atoms with Gasteiger partial charge in [0.15, 0.2) is 0 Å². The molecule has 0 unspecified atom stereocenters. The molecular weight excluding hydrogens is 202 g/mol. The van der Waals surface area contributed by atoms with Crippen LogP contribution in [-0.2, 0) is 11.3 Å². The van der Waals surface area contributed by atoms with Crippen LogP contribution >= 0.6 is 0 Å². The fourth-order valence-corrected chi connectivity index (χ4v) is 2.95. The van der Waals surface area contributed by atoms with Gasteiger partial charge in [-0.1, -0.05) is 30.3 Å². The average molecular weight is 217 g/mol. The molecule has 0 radical (unpaired) electrons. The van der Waals surface area contributed by atoms with Crippen LogP contribution in [0.1, 0.15) is 5.56 Å². The molecule has 0 amide bonds. The smallest absolute Gasteiger partial charge is 0.307 e. The van der Waals surface area contributed by atoms with E-state index >= 15 is 0 Å². The van der Waals surface area contributed by atoms with Crippen LogP contribution in [0.3, 0.4) is 0 Å². The molecule has 1 aromatic rings. The molecule has 1 aliphatic heterocycles. The average Bonchev–Trinajstić information content (AvgIpc) is 2.79. The zero-order chi connectivity index (χ0) is 11.1. The minimum atomic E-state index is -0.602. The van der Waals surface area contributed by atoms with Gasteiger partial charge in [0, 0.05) is 19.6 Å². The largest absolute Gasteiger partial charge is 0.481 e. The molecule has 1 aromatic carbocycles. The van der Waals surface area contributed by atoms with E-state index in [0.717, 1.165) is 19.6 Å². The lowest BCUT2D eigenvalue weighted by Gasteiger charge is -2.18. The molecule has 0 spiro atoms. The van der Waals surface area contributed by atoms with Gasteiger partial charge in [-0.25, -0.2) is 0 Å². The molecule has 3 heteroatoms. The van der Waals surface area contributed by atoms with Gasteiger partial charge in [0.05, 0.1) is 5.92 Å². The van der Waals surface area contributed by atoms with Crippen LogP contribution < -0.4 is 0 Å². The van der Waals surface area contributed by atoms with Crippen LogP contribution in [-0.4, -0.2) is 29.1 Å². The summed E-state index contributed by atoms with van der Waals surface area (Å²) >= 11 is 0. The minimum Gasteiger partial charge on any atom is -0.481 e. The predicted molar refractivity (Wildman–Crippen MR) is 59.8 cm³/mol. The van der Waals surface area contributed by atoms with Crippen LogP contribution in [0.15, 0.2) is 30.3 Å². The second-order valence-corrected chi connectivity index (χ2v) is 4.87. The number of carbonyl (C=O) groups is 1. The van der Waals surface area contributed by atoms with Crippen molar-refractivity contribution in [3.8, 4) is 0 Å². The number of piperidine rings is 1. The Morgan fingerprint density at radius 2 is 1.88 bits per heavy atom. The van der Waals surface area contributed by atoms with Crippen molar-refractivity contribution in [3.63, 3.8) is 0 Å². The second kappa shape index (κ2) is 3.59. The van der Waals surface area contributed by atoms with Gasteiger partial charge >= 0.3 is 5.97 Å². The van der Waals surface area contributed by atoms with Gasteiger partial charge in [0.1, 0.15) is 0 Å². The van der Waals surface area contributed by atoms with Crippen molar-refractivity contribution in [3.05, 3.63) is 35.9 Å². The standard InChI is InChI=1S/C13H15NO2/c15-13(16)12-10-7-14(8-11(10)12)6-9-4-2-1-3-5-9/h1-5,10-12H,6-8H2,(H,15,16)/t10-,11-/m1/s1. The van der Waals surface area contributed by atoms with E-state index in [1.54, 1.807) is 0 Å². The van der Waals surface area contributed by atoms with Crippen LogP contribution in [0.25, 0.3) is 0 Å². The Balaban J connectivity index is 1.57. The fraction of sp³-hybridized carbons (Fsp3) is 0.462. The lowest BCUT2D eigenvalue weighted by Crippen LogP contribution is -2.25. The molecule has 0 bridgehead atoms. The third-order valence-corrected chi connectivity index (χ3v) is 3.80. The van der Waals surface area contributed by atoms with Gasteiger partial charge in [0.2, 0.25) is 0 Å². The van der Waals surface area contributed by atoms with Crippen LogP contribution in [0.4, 0.5) is 0 Å². The highest BCUT2D eigenvalue weighted by molar-refractivity contribution is 5.74. The highest BCUT2D eigenvalue weighted by Crippen LogP contribution is 2.51. The Kier molecular flexibility index (Phi) is 2.21. The fourth-order valence-electron chi connectivity index (χ4n) is 2.95. The van der Waals surface area contributed by atoms with Gasteiger partial charge in [-0.2, -0.15) is 0 Å². The van der Waals surface area contributed by atoms with E-state index in [1.807, 2.05) is 18.2 Å². The van der Waals surface area contributed by atoms with E-state index in [1.165, 1.54) is 5.56 Å². The Morgan fingerprint density at radius 3 is 2.44 bits per heavy atom. The van der Waals surface area contributed by atoms with Gasteiger partial charge in [-0.15, -0.1) is 0 Å². The number of hydrogen-bond acceptors (Lipinski definition) is 2. The van der Waals surface area contributed by atoms with Crippen molar-refractivity contribution >= 4 is 5.97 Å². The van der Waals surface area contributed by atoms with Crippen molar-refractivity contribution < 1.29 is 9.90 Å². The lowest BCUT2D eigenvalue weighted by atomic mass is 10.2. The summed E-state index contributed by atoms with van der Waals surface area (Å²) in [6.07, 6.45) is 0. The molecule has 1 saturated carbocycles. The van der Waals surface area contributed by atoms with E-state index in [2.05, 4.69) is 17.0 Å². The van der Waals surface area contributed by atoms with Crippen LogP contribution in [0.5, 0.6) is 0 Å². The summed E-state index contributed by atoms with van der Waals surface area (Å²) in [7, 11) is 0. The number of likely N-dealkylation sites (tertiary alicyclic amines) is 1. The first kappa shape index (κ1) is 9.85. The zero-order valence-corrected chi connectivity index (χ0v) is 9.04. The van der Waals surface area contributed by atoms with E-state index in [4.69, 9.17) is 5.11 Å². The number of nitrogens with zero attached hydrogens (tertiary/aromatic N) is 1. The zero-order valence-electron chi connectivity index (χ0n) is 9.04. The molecule has 2 aliphatic rings. The van der Waals surface area contributed by atoms with Gasteiger partial charge in [-0.05, 0) is 17.4 Å². The summed E-state index contributed by atoms with van der Waals surface area (Å²) in [4.78, 5) is 13.2. The third kappa shape index (κ3) is 1.61. The topological polar surface area (TPSA) is 40.5 Å². The Morgan fingerprint density at radius 1 is 1.25 bits per heavy atom. The lowest BCUT2D eigenvalue weighted by molar-refractivity contribution is -0.139. The Hall–Kier alpha value is -1.35. The molecule has 3 rings (SSSR count). The summed E-state index contributed by atoms with van der Waals surface area (Å²) in [5.74, 6) is 0.184. The van der Waals surface area contributed by atoms with Gasteiger partial charge in [-0.3, -0.25) is 9.69 Å². The number of aliphatic carboxylic acids is 1. The summed E-state index contributed by atoms with van der Waals surface area (Å²) < 4.78 is 0. The third-order valence-electron chi connectivity index (χ3n) is 3.80. The molecule has 1 saturated heterocycles. The van der Waals surface area contributed by atoms with Gasteiger partial charge in [0.25, 0.3) is 0 Å². The molecule has 1 heterocycles. The quantitative estimate of drug-likeness (QED) is 0.833. The molecule has 2 fully saturated rings. The molecule has 2 atom stereocenters. The van der Waals surface area contributed by atoms with Crippen molar-refractivity contribution in [2.75, 3.05) is 13.1 Å². The normalized spacial score (nSPS) is 32.4. The predicted octanol–water partition coefficient (Wildman–Crippen LogP) is 1.45. The monoisotopic (exact) mass is 217 g/mol. The maximum Gasteiger partial charge on any atom is 0.307 e. The Bertz CT molecular complexity index is 392. The van der Waals surface area contributed by atoms with Gasteiger partial charge < -0.3 is 5.11 Å². The van der Waals surface area contributed by atoms with E-state index < -0.39 is 5.97 Å². The molecular formula is C13H15NO2. The first-order valence-electron chi connectivity index (χ1n) is 5.75. The van der Waals surface area contributed by atoms with Crippen LogP contribution in [0.2, 0.25) is 0 Å². The van der Waals surface area contributed by atoms with Crippen molar-refractivity contribution in [1.29, 1.82) is 0 Å². The molecule has 16 heavy (non-hydrogen) atoms. The van der Waals surface area contributed by atoms with Crippen molar-refractivity contribution in [2.45, 2.75) is 6.54 Å². The van der Waals surface area contributed by atoms with E-state index in [0.29, 0.717) is 11.8 Å². The van der Waals surface area contributed by atoms with Crippen molar-refractivity contribution in [1.82, 2.24) is 4.90 Å². The molecule has 3 nitrogen and oxygen atoms in total. The number of carboxylic acids is 1. The second-order valence-electron chi connectivity index (χ2n) is 4.87. The first-order valence-corrected chi connectivity index (χ1v) is 5.75. The molecule has 1 aliphatic carbocycles. The first-order chi connectivity index (χ1) is 7.75. The summed E-state index contributed by atoms with van der Waals surface area (Å²) in [6.45, 7) is 2.87. The highest BCUT2D eigenvalue weighted by Gasteiger charge is 2.59. The summed E-state index contributed by atoms with van der Waals surface area (Å²) in [5, 5.41) is 8.92. The molecule has 84 valence electrons.